The van der Waals surface area contributed by atoms with E-state index in [1.54, 1.807) is 6.92 Å². The summed E-state index contributed by atoms with van der Waals surface area (Å²) in [4.78, 5) is 11.8. The molecule has 0 amide bonds. The highest BCUT2D eigenvalue weighted by molar-refractivity contribution is 7.89. The Labute approximate surface area is 143 Å². The number of hydrogen-bond donors (Lipinski definition) is 2. The fourth-order valence-electron chi connectivity index (χ4n) is 3.38. The van der Waals surface area contributed by atoms with Crippen molar-refractivity contribution in [3.63, 3.8) is 0 Å². The second-order valence-electron chi connectivity index (χ2n) is 6.58. The molecule has 2 atom stereocenters. The van der Waals surface area contributed by atoms with Crippen molar-refractivity contribution in [3.05, 3.63) is 29.3 Å². The molecule has 0 saturated heterocycles. The van der Waals surface area contributed by atoms with Gasteiger partial charge in [-0.15, -0.1) is 0 Å². The maximum absolute atomic E-state index is 12.8. The van der Waals surface area contributed by atoms with Crippen LogP contribution in [0.3, 0.4) is 0 Å². The highest BCUT2D eigenvalue weighted by atomic mass is 32.2. The number of nitrogens with two attached hydrogens (primary N) is 1. The molecule has 0 heterocycles. The number of carbonyl (C=O) groups excluding carboxylic acids is 1. The van der Waals surface area contributed by atoms with Gasteiger partial charge in [-0.3, -0.25) is 0 Å². The third kappa shape index (κ3) is 3.63. The summed E-state index contributed by atoms with van der Waals surface area (Å²) in [6.07, 6.45) is 3.76. The fraction of sp³-hybridized carbons (Fsp3) is 0.588. The zero-order valence-corrected chi connectivity index (χ0v) is 15.3. The van der Waals surface area contributed by atoms with Crippen LogP contribution < -0.4 is 10.5 Å². The summed E-state index contributed by atoms with van der Waals surface area (Å²) in [5.74, 6) is -0.301. The number of sulfonamides is 1. The summed E-state index contributed by atoms with van der Waals surface area (Å²) >= 11 is 0. The van der Waals surface area contributed by atoms with E-state index in [2.05, 4.69) is 4.72 Å². The van der Waals surface area contributed by atoms with Crippen molar-refractivity contribution in [1.82, 2.24) is 4.72 Å². The van der Waals surface area contributed by atoms with E-state index >= 15 is 0 Å². The van der Waals surface area contributed by atoms with Gasteiger partial charge in [-0.25, -0.2) is 17.9 Å². The van der Waals surface area contributed by atoms with Crippen molar-refractivity contribution >= 4 is 16.0 Å². The number of carbonyl (C=O) groups is 1. The smallest absolute Gasteiger partial charge is 0.338 e. The van der Waals surface area contributed by atoms with Crippen LogP contribution >= 0.6 is 0 Å². The van der Waals surface area contributed by atoms with E-state index in [1.165, 1.54) is 25.3 Å². The molecular weight excluding hydrogens is 328 g/mol. The van der Waals surface area contributed by atoms with Gasteiger partial charge < -0.3 is 10.5 Å². The maximum atomic E-state index is 12.8. The van der Waals surface area contributed by atoms with Gasteiger partial charge in [0, 0.05) is 12.1 Å². The number of hydrogen-bond acceptors (Lipinski definition) is 5. The lowest BCUT2D eigenvalue weighted by atomic mass is 9.74. The predicted octanol–water partition coefficient (Wildman–Crippen LogP) is 1.97. The Morgan fingerprint density at radius 1 is 1.42 bits per heavy atom. The third-order valence-electron chi connectivity index (χ3n) is 5.07. The highest BCUT2D eigenvalue weighted by Gasteiger charge is 2.40. The Bertz CT molecular complexity index is 717. The zero-order chi connectivity index (χ0) is 18.0. The molecular formula is C17H26N2O4S. The average molecular weight is 354 g/mol. The van der Waals surface area contributed by atoms with Crippen LogP contribution in [0.2, 0.25) is 0 Å². The monoisotopic (exact) mass is 354 g/mol. The van der Waals surface area contributed by atoms with E-state index in [1.807, 2.05) is 6.92 Å². The number of rotatable bonds is 5. The van der Waals surface area contributed by atoms with Crippen LogP contribution in [0.5, 0.6) is 0 Å². The molecule has 1 aromatic rings. The lowest BCUT2D eigenvalue weighted by Gasteiger charge is -2.42. The molecule has 24 heavy (non-hydrogen) atoms. The van der Waals surface area contributed by atoms with Crippen LogP contribution in [0.15, 0.2) is 23.1 Å². The molecule has 134 valence electrons. The number of esters is 1. The Kier molecular flexibility index (Phi) is 5.67. The van der Waals surface area contributed by atoms with Crippen molar-refractivity contribution in [2.45, 2.75) is 50.0 Å². The molecule has 6 nitrogen and oxygen atoms in total. The summed E-state index contributed by atoms with van der Waals surface area (Å²) in [7, 11) is -2.42. The summed E-state index contributed by atoms with van der Waals surface area (Å²) in [5.41, 5.74) is 6.25. The molecule has 1 aliphatic rings. The summed E-state index contributed by atoms with van der Waals surface area (Å²) in [5, 5.41) is 0. The number of methoxy groups -OCH3 is 1. The van der Waals surface area contributed by atoms with Crippen molar-refractivity contribution in [2.24, 2.45) is 11.7 Å². The fourth-order valence-corrected chi connectivity index (χ4v) is 5.00. The maximum Gasteiger partial charge on any atom is 0.338 e. The first-order valence-electron chi connectivity index (χ1n) is 8.19. The predicted molar refractivity (Wildman–Crippen MR) is 92.3 cm³/mol. The van der Waals surface area contributed by atoms with Gasteiger partial charge in [0.05, 0.1) is 17.6 Å². The van der Waals surface area contributed by atoms with Gasteiger partial charge in [0.1, 0.15) is 0 Å². The van der Waals surface area contributed by atoms with Crippen LogP contribution in [0, 0.1) is 12.8 Å². The second kappa shape index (κ2) is 7.21. The largest absolute Gasteiger partial charge is 0.465 e. The molecule has 1 aliphatic carbocycles. The minimum Gasteiger partial charge on any atom is -0.465 e. The molecule has 3 N–H and O–H groups in total. The molecule has 1 aromatic carbocycles. The Balaban J connectivity index is 2.33. The normalized spacial score (nSPS) is 24.6. The van der Waals surface area contributed by atoms with Gasteiger partial charge >= 0.3 is 5.97 Å². The molecule has 2 unspecified atom stereocenters. The Hall–Kier alpha value is -1.44. The number of nitrogens with one attached hydrogen (secondary N) is 1. The van der Waals surface area contributed by atoms with Crippen LogP contribution in [0.1, 0.15) is 48.5 Å². The van der Waals surface area contributed by atoms with E-state index in [9.17, 15) is 13.2 Å². The van der Waals surface area contributed by atoms with Gasteiger partial charge in [0.15, 0.2) is 0 Å². The molecule has 0 radical (unpaired) electrons. The summed E-state index contributed by atoms with van der Waals surface area (Å²) in [6, 6.07) is 4.40. The molecule has 1 saturated carbocycles. The third-order valence-corrected chi connectivity index (χ3v) is 6.62. The van der Waals surface area contributed by atoms with Gasteiger partial charge in [-0.05, 0) is 49.4 Å². The zero-order valence-electron chi connectivity index (χ0n) is 14.5. The molecule has 7 heteroatoms. The van der Waals surface area contributed by atoms with Crippen LogP contribution in [-0.4, -0.2) is 33.6 Å². The van der Waals surface area contributed by atoms with E-state index in [0.717, 1.165) is 25.7 Å². The van der Waals surface area contributed by atoms with E-state index in [-0.39, 0.29) is 17.4 Å². The van der Waals surface area contributed by atoms with E-state index in [4.69, 9.17) is 10.5 Å². The molecule has 0 spiro atoms. The first-order chi connectivity index (χ1) is 11.3. The highest BCUT2D eigenvalue weighted by Crippen LogP contribution is 2.34. The van der Waals surface area contributed by atoms with Crippen molar-refractivity contribution in [3.8, 4) is 0 Å². The standard InChI is InChI=1S/C17H26N2O4S/c1-12-10-14(7-8-15(12)16(20)23-3)24(21,22)19-17(11-18)9-5-4-6-13(17)2/h7-8,10,13,19H,4-6,9,11,18H2,1-3H3. The van der Waals surface area contributed by atoms with Crippen molar-refractivity contribution < 1.29 is 17.9 Å². The molecule has 2 rings (SSSR count). The van der Waals surface area contributed by atoms with Crippen LogP contribution in [0.4, 0.5) is 0 Å². The molecule has 0 aliphatic heterocycles. The van der Waals surface area contributed by atoms with E-state index in [0.29, 0.717) is 11.1 Å². The second-order valence-corrected chi connectivity index (χ2v) is 8.26. The number of ether oxygens (including phenoxy) is 1. The Morgan fingerprint density at radius 2 is 2.12 bits per heavy atom. The molecule has 1 fully saturated rings. The van der Waals surface area contributed by atoms with Gasteiger partial charge in [-0.2, -0.15) is 0 Å². The number of benzene rings is 1. The van der Waals surface area contributed by atoms with Gasteiger partial charge in [0.25, 0.3) is 0 Å². The lowest BCUT2D eigenvalue weighted by molar-refractivity contribution is 0.0600. The first-order valence-corrected chi connectivity index (χ1v) is 9.67. The molecule has 0 aromatic heterocycles. The molecule has 0 bridgehead atoms. The van der Waals surface area contributed by atoms with Gasteiger partial charge in [0.2, 0.25) is 10.0 Å². The minimum absolute atomic E-state index is 0.137. The summed E-state index contributed by atoms with van der Waals surface area (Å²) in [6.45, 7) is 4.00. The Morgan fingerprint density at radius 3 is 2.67 bits per heavy atom. The first kappa shape index (κ1) is 18.9. The van der Waals surface area contributed by atoms with Crippen molar-refractivity contribution in [1.29, 1.82) is 0 Å². The SMILES string of the molecule is COC(=O)c1ccc(S(=O)(=O)NC2(CN)CCCCC2C)cc1C. The van der Waals surface area contributed by atoms with Crippen LogP contribution in [0.25, 0.3) is 0 Å². The van der Waals surface area contributed by atoms with Crippen LogP contribution in [-0.2, 0) is 14.8 Å². The summed E-state index contributed by atoms with van der Waals surface area (Å²) < 4.78 is 33.2. The number of aryl methyl sites for hydroxylation is 1. The topological polar surface area (TPSA) is 98.5 Å². The average Bonchev–Trinajstić information content (AvgIpc) is 2.56. The minimum atomic E-state index is -3.72. The quantitative estimate of drug-likeness (QED) is 0.788. The van der Waals surface area contributed by atoms with Crippen molar-refractivity contribution in [2.75, 3.05) is 13.7 Å². The van der Waals surface area contributed by atoms with E-state index < -0.39 is 21.5 Å². The van der Waals surface area contributed by atoms with Gasteiger partial charge in [-0.1, -0.05) is 19.8 Å². The lowest BCUT2D eigenvalue weighted by Crippen LogP contribution is -2.58.